The molecule has 1 aliphatic carbocycles. The van der Waals surface area contributed by atoms with Crippen molar-refractivity contribution in [2.75, 3.05) is 14.2 Å². The number of carbonyl (C=O) groups is 2. The van der Waals surface area contributed by atoms with Crippen LogP contribution >= 0.6 is 0 Å². The molecule has 1 atom stereocenters. The Kier molecular flexibility index (Phi) is 6.75. The van der Waals surface area contributed by atoms with E-state index in [2.05, 4.69) is 5.32 Å². The first-order valence-electron chi connectivity index (χ1n) is 9.83. The largest absolute Gasteiger partial charge is 0.493 e. The molecular weight excluding hydrogens is 370 g/mol. The molecule has 0 aliphatic heterocycles. The number of amides is 1. The van der Waals surface area contributed by atoms with Crippen LogP contribution in [0.5, 0.6) is 11.5 Å². The summed E-state index contributed by atoms with van der Waals surface area (Å²) in [6.07, 6.45) is 3.48. The molecule has 1 N–H and O–H groups in total. The molecule has 0 radical (unpaired) electrons. The molecule has 0 spiro atoms. The summed E-state index contributed by atoms with van der Waals surface area (Å²) in [6, 6.07) is 11.1. The number of nitrogens with one attached hydrogen (secondary N) is 1. The third-order valence-electron chi connectivity index (χ3n) is 5.15. The Labute approximate surface area is 171 Å². The molecule has 2 aromatic rings. The number of rotatable bonds is 7. The van der Waals surface area contributed by atoms with Crippen LogP contribution < -0.4 is 14.8 Å². The average Bonchev–Trinajstić information content (AvgIpc) is 2.76. The Bertz CT molecular complexity index is 893. The average molecular weight is 397 g/mol. The lowest BCUT2D eigenvalue weighted by atomic mass is 9.90. The van der Waals surface area contributed by atoms with Gasteiger partial charge in [-0.25, -0.2) is 4.79 Å². The lowest BCUT2D eigenvalue weighted by Crippen LogP contribution is -2.35. The van der Waals surface area contributed by atoms with Crippen LogP contribution in [0, 0.1) is 0 Å². The van der Waals surface area contributed by atoms with Gasteiger partial charge in [-0.15, -0.1) is 0 Å². The summed E-state index contributed by atoms with van der Waals surface area (Å²) in [4.78, 5) is 24.8. The van der Waals surface area contributed by atoms with Gasteiger partial charge >= 0.3 is 5.97 Å². The normalized spacial score (nSPS) is 13.8. The van der Waals surface area contributed by atoms with Crippen molar-refractivity contribution in [2.24, 2.45) is 0 Å². The van der Waals surface area contributed by atoms with Crippen LogP contribution in [0.15, 0.2) is 36.4 Å². The van der Waals surface area contributed by atoms with Gasteiger partial charge in [-0.3, -0.25) is 4.79 Å². The zero-order valence-corrected chi connectivity index (χ0v) is 17.1. The number of esters is 1. The van der Waals surface area contributed by atoms with Gasteiger partial charge in [-0.1, -0.05) is 12.1 Å². The molecular formula is C23H27NO5. The summed E-state index contributed by atoms with van der Waals surface area (Å²) < 4.78 is 15.8. The molecule has 6 nitrogen and oxygen atoms in total. The highest BCUT2D eigenvalue weighted by molar-refractivity contribution is 5.92. The van der Waals surface area contributed by atoms with Gasteiger partial charge < -0.3 is 19.5 Å². The first kappa shape index (κ1) is 20.7. The fraction of sp³-hybridized carbons (Fsp3) is 0.391. The van der Waals surface area contributed by atoms with Crippen LogP contribution in [0.2, 0.25) is 0 Å². The molecule has 0 saturated heterocycles. The number of methoxy groups -OCH3 is 2. The quantitative estimate of drug-likeness (QED) is 0.725. The predicted molar refractivity (Wildman–Crippen MR) is 109 cm³/mol. The number of fused-ring (bicyclic) bond motifs is 1. The van der Waals surface area contributed by atoms with E-state index in [1.165, 1.54) is 17.5 Å². The summed E-state index contributed by atoms with van der Waals surface area (Å²) in [5.74, 6) is 0.374. The Morgan fingerprint density at radius 1 is 0.966 bits per heavy atom. The molecule has 0 aromatic heterocycles. The van der Waals surface area contributed by atoms with E-state index in [0.29, 0.717) is 23.6 Å². The molecule has 3 rings (SSSR count). The second-order valence-electron chi connectivity index (χ2n) is 7.15. The third kappa shape index (κ3) is 5.08. The van der Waals surface area contributed by atoms with Crippen molar-refractivity contribution in [1.82, 2.24) is 5.32 Å². The van der Waals surface area contributed by atoms with Gasteiger partial charge in [0.05, 0.1) is 19.8 Å². The van der Waals surface area contributed by atoms with Crippen LogP contribution in [-0.2, 0) is 28.9 Å². The van der Waals surface area contributed by atoms with E-state index < -0.39 is 12.1 Å². The molecule has 0 unspecified atom stereocenters. The monoisotopic (exact) mass is 397 g/mol. The first-order chi connectivity index (χ1) is 14.0. The maximum atomic E-state index is 12.4. The van der Waals surface area contributed by atoms with E-state index in [1.54, 1.807) is 39.3 Å². The van der Waals surface area contributed by atoms with Crippen LogP contribution in [0.3, 0.4) is 0 Å². The Morgan fingerprint density at radius 2 is 1.69 bits per heavy atom. The zero-order valence-electron chi connectivity index (χ0n) is 17.1. The maximum absolute atomic E-state index is 12.4. The van der Waals surface area contributed by atoms with Crippen molar-refractivity contribution in [3.8, 4) is 11.5 Å². The minimum Gasteiger partial charge on any atom is -0.493 e. The van der Waals surface area contributed by atoms with E-state index in [1.807, 2.05) is 18.2 Å². The second-order valence-corrected chi connectivity index (χ2v) is 7.15. The molecule has 29 heavy (non-hydrogen) atoms. The maximum Gasteiger partial charge on any atom is 0.338 e. The van der Waals surface area contributed by atoms with Crippen molar-refractivity contribution >= 4 is 11.9 Å². The molecule has 2 aromatic carbocycles. The minimum atomic E-state index is -0.890. The summed E-state index contributed by atoms with van der Waals surface area (Å²) in [6.45, 7) is 1.86. The molecule has 0 bridgehead atoms. The number of benzene rings is 2. The topological polar surface area (TPSA) is 73.9 Å². The van der Waals surface area contributed by atoms with Gasteiger partial charge in [0.2, 0.25) is 0 Å². The van der Waals surface area contributed by atoms with Crippen LogP contribution in [0.1, 0.15) is 46.8 Å². The summed E-state index contributed by atoms with van der Waals surface area (Å²) >= 11 is 0. The fourth-order valence-electron chi connectivity index (χ4n) is 3.47. The summed E-state index contributed by atoms with van der Waals surface area (Å²) in [7, 11) is 3.13. The molecule has 1 amide bonds. The Hall–Kier alpha value is -3.02. The molecule has 154 valence electrons. The fourth-order valence-corrected chi connectivity index (χ4v) is 3.47. The van der Waals surface area contributed by atoms with Gasteiger partial charge in [0, 0.05) is 6.54 Å². The number of hydrogen-bond acceptors (Lipinski definition) is 5. The lowest BCUT2D eigenvalue weighted by Gasteiger charge is -2.17. The molecule has 6 heteroatoms. The molecule has 0 saturated carbocycles. The van der Waals surface area contributed by atoms with E-state index in [4.69, 9.17) is 14.2 Å². The van der Waals surface area contributed by atoms with Gasteiger partial charge in [-0.05, 0) is 73.6 Å². The molecule has 0 heterocycles. The zero-order chi connectivity index (χ0) is 20.8. The Morgan fingerprint density at radius 3 is 2.41 bits per heavy atom. The summed E-state index contributed by atoms with van der Waals surface area (Å²) in [5.41, 5.74) is 3.85. The van der Waals surface area contributed by atoms with Crippen molar-refractivity contribution in [3.63, 3.8) is 0 Å². The van der Waals surface area contributed by atoms with E-state index >= 15 is 0 Å². The van der Waals surface area contributed by atoms with Crippen LogP contribution in [0.4, 0.5) is 0 Å². The van der Waals surface area contributed by atoms with E-state index in [0.717, 1.165) is 24.8 Å². The predicted octanol–water partition coefficient (Wildman–Crippen LogP) is 3.44. The highest BCUT2D eigenvalue weighted by atomic mass is 16.5. The summed E-state index contributed by atoms with van der Waals surface area (Å²) in [5, 5.41) is 2.78. The molecule has 1 aliphatic rings. The lowest BCUT2D eigenvalue weighted by molar-refractivity contribution is -0.129. The molecule has 0 fully saturated rings. The third-order valence-corrected chi connectivity index (χ3v) is 5.15. The van der Waals surface area contributed by atoms with Crippen LogP contribution in [-0.4, -0.2) is 32.2 Å². The van der Waals surface area contributed by atoms with E-state index in [-0.39, 0.29) is 5.91 Å². The van der Waals surface area contributed by atoms with Gasteiger partial charge in [0.15, 0.2) is 17.6 Å². The number of hydrogen-bond donors (Lipinski definition) is 1. The number of ether oxygens (including phenoxy) is 3. The van der Waals surface area contributed by atoms with Crippen molar-refractivity contribution in [3.05, 3.63) is 58.7 Å². The number of aryl methyl sites for hydroxylation is 2. The van der Waals surface area contributed by atoms with Crippen molar-refractivity contribution < 1.29 is 23.8 Å². The van der Waals surface area contributed by atoms with E-state index in [9.17, 15) is 9.59 Å². The highest BCUT2D eigenvalue weighted by Gasteiger charge is 2.20. The minimum absolute atomic E-state index is 0.292. The SMILES string of the molecule is COc1ccc(CNC(=O)[C@@H](C)OC(=O)c2ccc3c(c2)CCCC3)cc1OC. The first-order valence-corrected chi connectivity index (χ1v) is 9.83. The van der Waals surface area contributed by atoms with Crippen molar-refractivity contribution in [2.45, 2.75) is 45.3 Å². The van der Waals surface area contributed by atoms with Gasteiger partial charge in [-0.2, -0.15) is 0 Å². The highest BCUT2D eigenvalue weighted by Crippen LogP contribution is 2.27. The van der Waals surface area contributed by atoms with Gasteiger partial charge in [0.25, 0.3) is 5.91 Å². The smallest absolute Gasteiger partial charge is 0.338 e. The second kappa shape index (κ2) is 9.45. The van der Waals surface area contributed by atoms with Crippen LogP contribution in [0.25, 0.3) is 0 Å². The van der Waals surface area contributed by atoms with Crippen molar-refractivity contribution in [1.29, 1.82) is 0 Å². The standard InChI is InChI=1S/C23H27NO5/c1-15(22(25)24-14-16-8-11-20(27-2)21(12-16)28-3)29-23(26)19-10-9-17-6-4-5-7-18(17)13-19/h8-13,15H,4-7,14H2,1-3H3,(H,24,25)/t15-/m1/s1. The van der Waals surface area contributed by atoms with Gasteiger partial charge in [0.1, 0.15) is 0 Å². The Balaban J connectivity index is 1.55. The number of carbonyl (C=O) groups excluding carboxylic acids is 2.